The van der Waals surface area contributed by atoms with Crippen LogP contribution in [0.3, 0.4) is 0 Å². The summed E-state index contributed by atoms with van der Waals surface area (Å²) in [5.74, 6) is -1.17. The standard InChI is InChI=1S/C26H20O8/c1-33-25-7-13-14(8-26(25)34-2)18-4-16(20(28)10-22(18)30)12-6-24(32)23(31)5-11(12)15-3-17(13)21(29)9-19(15)27/h3-10,27-32H,1-2H3. The third-order valence-corrected chi connectivity index (χ3v) is 6.03. The van der Waals surface area contributed by atoms with E-state index in [2.05, 4.69) is 0 Å². The molecule has 0 spiro atoms. The van der Waals surface area contributed by atoms with E-state index < -0.39 is 11.5 Å². The van der Waals surface area contributed by atoms with Crippen molar-refractivity contribution in [3.63, 3.8) is 0 Å². The van der Waals surface area contributed by atoms with Gasteiger partial charge in [-0.15, -0.1) is 0 Å². The maximum Gasteiger partial charge on any atom is 0.161 e. The van der Waals surface area contributed by atoms with Crippen LogP contribution in [0, 0.1) is 0 Å². The summed E-state index contributed by atoms with van der Waals surface area (Å²) in [5, 5.41) is 65.9. The third kappa shape index (κ3) is 3.00. The third-order valence-electron chi connectivity index (χ3n) is 6.03. The molecule has 5 aromatic rings. The van der Waals surface area contributed by atoms with Crippen LogP contribution in [-0.2, 0) is 0 Å². The van der Waals surface area contributed by atoms with Crippen molar-refractivity contribution in [2.75, 3.05) is 14.2 Å². The Hall–Kier alpha value is -4.72. The minimum absolute atomic E-state index is 0.231. The zero-order valence-corrected chi connectivity index (χ0v) is 18.1. The van der Waals surface area contributed by atoms with E-state index in [1.807, 2.05) is 0 Å². The van der Waals surface area contributed by atoms with Crippen LogP contribution < -0.4 is 9.47 Å². The normalized spacial score (nSPS) is 11.4. The molecular formula is C26H20O8. The van der Waals surface area contributed by atoms with Crippen molar-refractivity contribution >= 4 is 43.1 Å². The quantitative estimate of drug-likeness (QED) is 0.200. The molecule has 0 saturated heterocycles. The van der Waals surface area contributed by atoms with Gasteiger partial charge >= 0.3 is 0 Å². The monoisotopic (exact) mass is 460 g/mol. The number of fused-ring (bicyclic) bond motifs is 10. The van der Waals surface area contributed by atoms with E-state index >= 15 is 0 Å². The lowest BCUT2D eigenvalue weighted by Crippen LogP contribution is -1.91. The van der Waals surface area contributed by atoms with Crippen molar-refractivity contribution in [1.82, 2.24) is 0 Å². The fourth-order valence-corrected chi connectivity index (χ4v) is 4.36. The molecule has 8 heteroatoms. The molecule has 6 N–H and O–H groups in total. The van der Waals surface area contributed by atoms with E-state index in [1.54, 1.807) is 12.1 Å². The summed E-state index contributed by atoms with van der Waals surface area (Å²) < 4.78 is 10.9. The molecule has 4 bridgehead atoms. The average Bonchev–Trinajstić information content (AvgIpc) is 2.80. The molecule has 0 amide bonds. The molecule has 172 valence electrons. The summed E-state index contributed by atoms with van der Waals surface area (Å²) in [5.41, 5.74) is 0. The van der Waals surface area contributed by atoms with E-state index in [9.17, 15) is 30.6 Å². The highest BCUT2D eigenvalue weighted by atomic mass is 16.5. The number of hydrogen-bond acceptors (Lipinski definition) is 8. The molecule has 0 atom stereocenters. The van der Waals surface area contributed by atoms with Crippen molar-refractivity contribution in [2.45, 2.75) is 0 Å². The molecule has 0 saturated carbocycles. The van der Waals surface area contributed by atoms with Gasteiger partial charge in [0.15, 0.2) is 23.0 Å². The first-order valence-electron chi connectivity index (χ1n) is 10.2. The van der Waals surface area contributed by atoms with Crippen molar-refractivity contribution in [3.8, 4) is 46.0 Å². The van der Waals surface area contributed by atoms with Gasteiger partial charge < -0.3 is 40.1 Å². The zero-order valence-electron chi connectivity index (χ0n) is 18.1. The smallest absolute Gasteiger partial charge is 0.161 e. The Balaban J connectivity index is 2.24. The topological polar surface area (TPSA) is 140 Å². The van der Waals surface area contributed by atoms with Crippen LogP contribution in [0.25, 0.3) is 43.1 Å². The molecule has 8 nitrogen and oxygen atoms in total. The Morgan fingerprint density at radius 2 is 0.647 bits per heavy atom. The molecule has 0 unspecified atom stereocenters. The van der Waals surface area contributed by atoms with Crippen molar-refractivity contribution in [2.24, 2.45) is 0 Å². The largest absolute Gasteiger partial charge is 0.507 e. The van der Waals surface area contributed by atoms with Gasteiger partial charge in [-0.05, 0) is 57.9 Å². The molecular weight excluding hydrogens is 440 g/mol. The van der Waals surface area contributed by atoms with Gasteiger partial charge in [-0.1, -0.05) is 0 Å². The van der Waals surface area contributed by atoms with Crippen molar-refractivity contribution in [3.05, 3.63) is 48.5 Å². The van der Waals surface area contributed by atoms with Crippen LogP contribution in [-0.4, -0.2) is 44.9 Å². The molecule has 5 aromatic carbocycles. The zero-order chi connectivity index (χ0) is 24.3. The minimum Gasteiger partial charge on any atom is -0.507 e. The summed E-state index contributed by atoms with van der Waals surface area (Å²) in [4.78, 5) is 0. The highest BCUT2D eigenvalue weighted by molar-refractivity contribution is 6.18. The lowest BCUT2D eigenvalue weighted by atomic mass is 9.96. The number of ether oxygens (including phenoxy) is 2. The van der Waals surface area contributed by atoms with E-state index in [-0.39, 0.29) is 44.5 Å². The van der Waals surface area contributed by atoms with Crippen molar-refractivity contribution < 1.29 is 40.1 Å². The second kappa shape index (κ2) is 7.41. The Morgan fingerprint density at radius 1 is 0.353 bits per heavy atom. The molecule has 5 rings (SSSR count). The summed E-state index contributed by atoms with van der Waals surface area (Å²) in [6.07, 6.45) is 0. The van der Waals surface area contributed by atoms with Gasteiger partial charge in [0, 0.05) is 33.7 Å². The van der Waals surface area contributed by atoms with Gasteiger partial charge in [0.25, 0.3) is 0 Å². The molecule has 0 aliphatic heterocycles. The van der Waals surface area contributed by atoms with Crippen LogP contribution >= 0.6 is 0 Å². The van der Waals surface area contributed by atoms with Gasteiger partial charge in [-0.3, -0.25) is 0 Å². The number of benzene rings is 4. The predicted molar refractivity (Wildman–Crippen MR) is 128 cm³/mol. The molecule has 34 heavy (non-hydrogen) atoms. The summed E-state index contributed by atoms with van der Waals surface area (Å²) >= 11 is 0. The van der Waals surface area contributed by atoms with E-state index in [4.69, 9.17) is 9.47 Å². The number of aromatic hydroxyl groups is 6. The molecule has 0 aliphatic rings. The second-order valence-corrected chi connectivity index (χ2v) is 7.91. The number of methoxy groups -OCH3 is 2. The highest BCUT2D eigenvalue weighted by Crippen LogP contribution is 2.45. The highest BCUT2D eigenvalue weighted by Gasteiger charge is 2.17. The minimum atomic E-state index is -0.435. The number of phenols is 6. The van der Waals surface area contributed by atoms with E-state index in [1.165, 1.54) is 38.5 Å². The summed E-state index contributed by atoms with van der Waals surface area (Å²) in [6, 6.07) is 11.1. The first kappa shape index (κ1) is 21.1. The fraction of sp³-hybridized carbons (Fsp3) is 0.0769. The van der Waals surface area contributed by atoms with Crippen LogP contribution in [0.1, 0.15) is 0 Å². The Labute approximate surface area is 192 Å². The number of phenolic OH excluding ortho intramolecular Hbond substituents is 6. The fourth-order valence-electron chi connectivity index (χ4n) is 4.36. The maximum atomic E-state index is 10.8. The van der Waals surface area contributed by atoms with Gasteiger partial charge in [-0.2, -0.15) is 0 Å². The van der Waals surface area contributed by atoms with E-state index in [0.29, 0.717) is 33.0 Å². The molecule has 0 radical (unpaired) electrons. The van der Waals surface area contributed by atoms with Crippen LogP contribution in [0.5, 0.6) is 46.0 Å². The SMILES string of the molecule is COc1cc2c3cc(c(O)cc3O)c3cc(O)c(O)cc3c3cc(c(O)cc3O)c2cc1OC. The Bertz CT molecular complexity index is 1560. The number of rotatable bonds is 2. The summed E-state index contributed by atoms with van der Waals surface area (Å²) in [7, 11) is 2.93. The maximum absolute atomic E-state index is 10.8. The molecule has 0 aliphatic carbocycles. The molecule has 0 fully saturated rings. The number of hydrogen-bond donors (Lipinski definition) is 6. The second-order valence-electron chi connectivity index (χ2n) is 7.91. The molecule has 0 aromatic heterocycles. The molecule has 0 heterocycles. The van der Waals surface area contributed by atoms with E-state index in [0.717, 1.165) is 12.1 Å². The van der Waals surface area contributed by atoms with Crippen molar-refractivity contribution in [1.29, 1.82) is 0 Å². The van der Waals surface area contributed by atoms with Crippen LogP contribution in [0.4, 0.5) is 0 Å². The average molecular weight is 460 g/mol. The predicted octanol–water partition coefficient (Wildman–Crippen LogP) is 5.11. The first-order valence-corrected chi connectivity index (χ1v) is 10.2. The van der Waals surface area contributed by atoms with Gasteiger partial charge in [-0.25, -0.2) is 0 Å². The van der Waals surface area contributed by atoms with Gasteiger partial charge in [0.2, 0.25) is 0 Å². The Kier molecular flexibility index (Phi) is 4.61. The lowest BCUT2D eigenvalue weighted by molar-refractivity contribution is 0.356. The first-order chi connectivity index (χ1) is 16.2. The Morgan fingerprint density at radius 3 is 0.941 bits per heavy atom. The van der Waals surface area contributed by atoms with Gasteiger partial charge in [0.05, 0.1) is 14.2 Å². The van der Waals surface area contributed by atoms with Gasteiger partial charge in [0.1, 0.15) is 23.0 Å². The van der Waals surface area contributed by atoms with Crippen LogP contribution in [0.15, 0.2) is 48.5 Å². The summed E-state index contributed by atoms with van der Waals surface area (Å²) in [6.45, 7) is 0. The lowest BCUT2D eigenvalue weighted by Gasteiger charge is -2.14. The van der Waals surface area contributed by atoms with Crippen LogP contribution in [0.2, 0.25) is 0 Å².